The summed E-state index contributed by atoms with van der Waals surface area (Å²) in [5.74, 6) is 1.75. The van der Waals surface area contributed by atoms with Gasteiger partial charge in [-0.05, 0) is 105 Å². The Morgan fingerprint density at radius 1 is 0.444 bits per heavy atom. The molecule has 4 aromatic rings. The average molecular weight is 613 g/mol. The van der Waals surface area contributed by atoms with Crippen molar-refractivity contribution in [1.29, 1.82) is 0 Å². The number of benzene rings is 4. The Labute approximate surface area is 268 Å². The summed E-state index contributed by atoms with van der Waals surface area (Å²) in [5, 5.41) is 18.9. The molecule has 0 aliphatic carbocycles. The summed E-state index contributed by atoms with van der Waals surface area (Å²) >= 11 is 0. The smallest absolute Gasteiger partial charge is 0.119 e. The van der Waals surface area contributed by atoms with Crippen molar-refractivity contribution in [2.24, 2.45) is 0 Å². The summed E-state index contributed by atoms with van der Waals surface area (Å²) in [6.45, 7) is 9.46. The molecule has 0 spiro atoms. The van der Waals surface area contributed by atoms with Crippen LogP contribution in [0.2, 0.25) is 0 Å². The minimum absolute atomic E-state index is 0.0588. The van der Waals surface area contributed by atoms with Crippen LogP contribution in [-0.2, 0) is 9.47 Å². The maximum Gasteiger partial charge on any atom is 0.119 e. The van der Waals surface area contributed by atoms with E-state index in [0.717, 1.165) is 64.1 Å². The monoisotopic (exact) mass is 612 g/mol. The third kappa shape index (κ3) is 11.3. The largest absolute Gasteiger partial charge is 0.494 e. The van der Waals surface area contributed by atoms with E-state index in [9.17, 15) is 10.2 Å². The Morgan fingerprint density at radius 3 is 1.07 bits per heavy atom. The molecule has 6 nitrogen and oxygen atoms in total. The van der Waals surface area contributed by atoms with Crippen molar-refractivity contribution < 1.29 is 29.2 Å². The van der Waals surface area contributed by atoms with Crippen molar-refractivity contribution in [3.8, 4) is 33.8 Å². The molecule has 2 N–H and O–H groups in total. The molecule has 0 amide bonds. The predicted molar refractivity (Wildman–Crippen MR) is 181 cm³/mol. The van der Waals surface area contributed by atoms with Gasteiger partial charge in [-0.15, -0.1) is 0 Å². The molecule has 0 heterocycles. The van der Waals surface area contributed by atoms with Crippen LogP contribution in [0, 0.1) is 0 Å². The predicted octanol–water partition coefficient (Wildman–Crippen LogP) is 8.57. The highest BCUT2D eigenvalue weighted by Gasteiger charge is 2.09. The molecule has 4 rings (SSSR count). The molecule has 0 saturated heterocycles. The molecule has 240 valence electrons. The van der Waals surface area contributed by atoms with Crippen molar-refractivity contribution in [1.82, 2.24) is 0 Å². The second-order valence-corrected chi connectivity index (χ2v) is 11.7. The van der Waals surface area contributed by atoms with Gasteiger partial charge in [-0.1, -0.05) is 72.8 Å². The summed E-state index contributed by atoms with van der Waals surface area (Å²) < 4.78 is 23.3. The van der Waals surface area contributed by atoms with E-state index in [2.05, 4.69) is 72.8 Å². The van der Waals surface area contributed by atoms with Crippen LogP contribution >= 0.6 is 0 Å². The molecule has 0 aliphatic heterocycles. The fraction of sp³-hybridized carbons (Fsp3) is 0.385. The van der Waals surface area contributed by atoms with Crippen LogP contribution in [0.1, 0.15) is 70.3 Å². The van der Waals surface area contributed by atoms with E-state index in [4.69, 9.17) is 18.9 Å². The molecule has 0 bridgehead atoms. The zero-order valence-electron chi connectivity index (χ0n) is 27.0. The topological polar surface area (TPSA) is 77.4 Å². The lowest BCUT2D eigenvalue weighted by atomic mass is 10.0. The molecule has 4 aromatic carbocycles. The number of rotatable bonds is 18. The number of hydrogen-bond acceptors (Lipinski definition) is 6. The Morgan fingerprint density at radius 2 is 0.756 bits per heavy atom. The van der Waals surface area contributed by atoms with Gasteiger partial charge >= 0.3 is 0 Å². The Hall–Kier alpha value is -3.68. The van der Waals surface area contributed by atoms with Crippen molar-refractivity contribution in [3.63, 3.8) is 0 Å². The lowest BCUT2D eigenvalue weighted by molar-refractivity contribution is 0.00449. The molecule has 0 saturated carbocycles. The van der Waals surface area contributed by atoms with Gasteiger partial charge < -0.3 is 29.2 Å². The highest BCUT2D eigenvalue weighted by molar-refractivity contribution is 5.65. The van der Waals surface area contributed by atoms with Gasteiger partial charge in [0, 0.05) is 0 Å². The molecule has 0 aliphatic rings. The number of ether oxygens (including phenoxy) is 4. The van der Waals surface area contributed by atoms with Gasteiger partial charge in [0.15, 0.2) is 0 Å². The second-order valence-electron chi connectivity index (χ2n) is 11.7. The number of aliphatic hydroxyl groups is 2. The average Bonchev–Trinajstić information content (AvgIpc) is 3.06. The van der Waals surface area contributed by atoms with Gasteiger partial charge in [0.1, 0.15) is 11.5 Å². The zero-order chi connectivity index (χ0) is 32.0. The van der Waals surface area contributed by atoms with Crippen LogP contribution < -0.4 is 9.47 Å². The molecule has 4 atom stereocenters. The van der Waals surface area contributed by atoms with Crippen molar-refractivity contribution in [2.45, 2.75) is 71.4 Å². The maximum atomic E-state index is 9.43. The summed E-state index contributed by atoms with van der Waals surface area (Å²) in [6.07, 6.45) is 1.93. The van der Waals surface area contributed by atoms with Crippen molar-refractivity contribution >= 4 is 0 Å². The van der Waals surface area contributed by atoms with Crippen molar-refractivity contribution in [3.05, 3.63) is 108 Å². The van der Waals surface area contributed by atoms with Crippen molar-refractivity contribution in [2.75, 3.05) is 26.4 Å². The van der Waals surface area contributed by atoms with E-state index in [0.29, 0.717) is 26.4 Å². The van der Waals surface area contributed by atoms with Crippen LogP contribution in [0.25, 0.3) is 22.3 Å². The fourth-order valence-electron chi connectivity index (χ4n) is 4.90. The second kappa shape index (κ2) is 17.7. The van der Waals surface area contributed by atoms with Gasteiger partial charge in [-0.3, -0.25) is 0 Å². The molecule has 4 unspecified atom stereocenters. The molecule has 0 fully saturated rings. The summed E-state index contributed by atoms with van der Waals surface area (Å²) in [7, 11) is 0. The molecular weight excluding hydrogens is 564 g/mol. The van der Waals surface area contributed by atoms with E-state index >= 15 is 0 Å². The van der Waals surface area contributed by atoms with Gasteiger partial charge in [0.25, 0.3) is 0 Å². The normalized spacial score (nSPS) is 14.0. The van der Waals surface area contributed by atoms with Crippen LogP contribution in [0.5, 0.6) is 11.5 Å². The highest BCUT2D eigenvalue weighted by atomic mass is 16.5. The van der Waals surface area contributed by atoms with Crippen LogP contribution in [0.3, 0.4) is 0 Å². The van der Waals surface area contributed by atoms with E-state index < -0.39 is 12.2 Å². The van der Waals surface area contributed by atoms with E-state index in [1.54, 1.807) is 13.8 Å². The highest BCUT2D eigenvalue weighted by Crippen LogP contribution is 2.27. The van der Waals surface area contributed by atoms with E-state index in [1.165, 1.54) is 0 Å². The first-order chi connectivity index (χ1) is 21.8. The van der Waals surface area contributed by atoms with Gasteiger partial charge in [0.05, 0.1) is 50.8 Å². The number of hydrogen-bond donors (Lipinski definition) is 2. The Kier molecular flexibility index (Phi) is 13.5. The number of unbranched alkanes of at least 4 members (excludes halogenated alkanes) is 2. The van der Waals surface area contributed by atoms with E-state index in [-0.39, 0.29) is 12.2 Å². The van der Waals surface area contributed by atoms with Gasteiger partial charge in [-0.25, -0.2) is 0 Å². The minimum Gasteiger partial charge on any atom is -0.494 e. The quantitative estimate of drug-likeness (QED) is 0.110. The number of aliphatic hydroxyl groups excluding tert-OH is 2. The molecule has 0 radical (unpaired) electrons. The summed E-state index contributed by atoms with van der Waals surface area (Å²) in [4.78, 5) is 0. The first-order valence-electron chi connectivity index (χ1n) is 16.0. The third-order valence-electron chi connectivity index (χ3n) is 7.64. The Bertz CT molecular complexity index is 1270. The van der Waals surface area contributed by atoms with Gasteiger partial charge in [-0.2, -0.15) is 0 Å². The van der Waals surface area contributed by atoms with Crippen LogP contribution in [0.15, 0.2) is 97.1 Å². The molecule has 6 heteroatoms. The lowest BCUT2D eigenvalue weighted by Gasteiger charge is -2.15. The van der Waals surface area contributed by atoms with Crippen LogP contribution in [-0.4, -0.2) is 48.8 Å². The first-order valence-corrected chi connectivity index (χ1v) is 16.0. The summed E-state index contributed by atoms with van der Waals surface area (Å²) in [5.41, 5.74) is 6.74. The SMILES string of the molecule is CC(O)COC(C)c1ccc(-c2ccc(OCCCCCOc3ccc(-c4ccc(C(C)OCC(C)O)cc4)cc3)cc2)cc1. The molecule has 45 heavy (non-hydrogen) atoms. The standard InChI is InChI=1S/C39H48O6/c1-28(40)26-44-30(3)32-8-12-34(13-9-32)36-16-20-38(21-17-36)42-24-6-5-7-25-43-39-22-18-37(19-23-39)35-14-10-33(11-15-35)31(4)45-27-29(2)41/h8-23,28-31,40-41H,5-7,24-27H2,1-4H3. The third-order valence-corrected chi connectivity index (χ3v) is 7.64. The fourth-order valence-corrected chi connectivity index (χ4v) is 4.90. The minimum atomic E-state index is -0.466. The van der Waals surface area contributed by atoms with Crippen LogP contribution in [0.4, 0.5) is 0 Å². The first kappa shape index (κ1) is 34.2. The lowest BCUT2D eigenvalue weighted by Crippen LogP contribution is -2.12. The molecular formula is C39H48O6. The Balaban J connectivity index is 1.11. The van der Waals surface area contributed by atoms with E-state index in [1.807, 2.05) is 38.1 Å². The molecule has 0 aromatic heterocycles. The maximum absolute atomic E-state index is 9.43. The zero-order valence-corrected chi connectivity index (χ0v) is 27.0. The van der Waals surface area contributed by atoms with Gasteiger partial charge in [0.2, 0.25) is 0 Å². The summed E-state index contributed by atoms with van der Waals surface area (Å²) in [6, 6.07) is 33.1.